The molecule has 31 heavy (non-hydrogen) atoms. The van der Waals surface area contributed by atoms with E-state index < -0.39 is 0 Å². The summed E-state index contributed by atoms with van der Waals surface area (Å²) in [6.45, 7) is 5.98. The predicted molar refractivity (Wildman–Crippen MR) is 120 cm³/mol. The second-order valence-corrected chi connectivity index (χ2v) is 9.28. The SMILES string of the molecule is C=CCC12C=CC(C1)C1C(=O)N(C3=CCC(=C(C)Cc4ccc(O)cc4)C=C3)C(=O)C12. The van der Waals surface area contributed by atoms with Crippen molar-refractivity contribution in [2.45, 2.75) is 32.6 Å². The molecule has 5 rings (SSSR count). The summed E-state index contributed by atoms with van der Waals surface area (Å²) >= 11 is 0. The Morgan fingerprint density at radius 3 is 2.68 bits per heavy atom. The molecule has 0 aromatic heterocycles. The number of phenolic OH excluding ortho intramolecular Hbond substituents is 1. The second kappa shape index (κ2) is 7.23. The minimum atomic E-state index is -0.254. The lowest BCUT2D eigenvalue weighted by atomic mass is 9.72. The first-order chi connectivity index (χ1) is 14.9. The van der Waals surface area contributed by atoms with Crippen LogP contribution >= 0.6 is 0 Å². The topological polar surface area (TPSA) is 57.6 Å². The van der Waals surface area contributed by atoms with Crippen LogP contribution in [0.2, 0.25) is 0 Å². The monoisotopic (exact) mass is 413 g/mol. The number of carbonyl (C=O) groups is 2. The maximum absolute atomic E-state index is 13.4. The number of aromatic hydroxyl groups is 1. The fraction of sp³-hybridized carbons (Fsp3) is 0.333. The molecule has 4 aliphatic rings. The van der Waals surface area contributed by atoms with E-state index in [1.165, 1.54) is 16.0 Å². The van der Waals surface area contributed by atoms with E-state index in [0.717, 1.165) is 24.8 Å². The largest absolute Gasteiger partial charge is 0.508 e. The maximum Gasteiger partial charge on any atom is 0.238 e. The molecule has 4 unspecified atom stereocenters. The Hall–Kier alpha value is -3.14. The highest BCUT2D eigenvalue weighted by atomic mass is 16.3. The molecule has 1 saturated carbocycles. The van der Waals surface area contributed by atoms with Crippen LogP contribution in [-0.2, 0) is 16.0 Å². The Kier molecular flexibility index (Phi) is 4.62. The number of likely N-dealkylation sites (tertiary alicyclic amines) is 1. The van der Waals surface area contributed by atoms with E-state index in [9.17, 15) is 14.7 Å². The van der Waals surface area contributed by atoms with Crippen LogP contribution in [0.15, 0.2) is 84.1 Å². The van der Waals surface area contributed by atoms with Gasteiger partial charge in [0.25, 0.3) is 0 Å². The summed E-state index contributed by atoms with van der Waals surface area (Å²) in [7, 11) is 0. The maximum atomic E-state index is 13.4. The summed E-state index contributed by atoms with van der Waals surface area (Å²) in [4.78, 5) is 28.1. The summed E-state index contributed by atoms with van der Waals surface area (Å²) in [5.41, 5.74) is 4.04. The van der Waals surface area contributed by atoms with Crippen molar-refractivity contribution >= 4 is 11.8 Å². The van der Waals surface area contributed by atoms with E-state index in [-0.39, 0.29) is 40.7 Å². The van der Waals surface area contributed by atoms with E-state index in [0.29, 0.717) is 12.1 Å². The summed E-state index contributed by atoms with van der Waals surface area (Å²) in [5, 5.41) is 9.46. The van der Waals surface area contributed by atoms with Crippen LogP contribution in [0.3, 0.4) is 0 Å². The van der Waals surface area contributed by atoms with Gasteiger partial charge >= 0.3 is 0 Å². The molecule has 1 aromatic rings. The molecular formula is C27H27NO3. The first-order valence-electron chi connectivity index (χ1n) is 11.0. The van der Waals surface area contributed by atoms with Crippen LogP contribution in [0, 0.1) is 23.2 Å². The van der Waals surface area contributed by atoms with Gasteiger partial charge in [0.15, 0.2) is 0 Å². The molecule has 0 radical (unpaired) electrons. The first-order valence-corrected chi connectivity index (χ1v) is 11.0. The lowest BCUT2D eigenvalue weighted by Crippen LogP contribution is -2.35. The van der Waals surface area contributed by atoms with Gasteiger partial charge in [0.2, 0.25) is 11.8 Å². The third-order valence-corrected chi connectivity index (χ3v) is 7.45. The Balaban J connectivity index is 1.35. The smallest absolute Gasteiger partial charge is 0.238 e. The lowest BCUT2D eigenvalue weighted by molar-refractivity contribution is -0.138. The molecule has 0 spiro atoms. The zero-order chi connectivity index (χ0) is 21.8. The van der Waals surface area contributed by atoms with Crippen molar-refractivity contribution in [3.05, 3.63) is 89.7 Å². The van der Waals surface area contributed by atoms with Crippen LogP contribution in [0.5, 0.6) is 5.75 Å². The molecule has 3 aliphatic carbocycles. The number of fused-ring (bicyclic) bond motifs is 5. The average Bonchev–Trinajstić information content (AvgIpc) is 3.40. The van der Waals surface area contributed by atoms with E-state index in [1.807, 2.05) is 36.4 Å². The van der Waals surface area contributed by atoms with Gasteiger partial charge in [0.1, 0.15) is 5.75 Å². The van der Waals surface area contributed by atoms with Gasteiger partial charge in [0, 0.05) is 11.1 Å². The molecule has 1 heterocycles. The molecule has 158 valence electrons. The fourth-order valence-electron chi connectivity index (χ4n) is 5.95. The Labute approximate surface area is 183 Å². The molecule has 2 fully saturated rings. The van der Waals surface area contributed by atoms with Crippen molar-refractivity contribution in [3.8, 4) is 5.75 Å². The number of nitrogens with zero attached hydrogens (tertiary/aromatic N) is 1. The Bertz CT molecular complexity index is 1090. The summed E-state index contributed by atoms with van der Waals surface area (Å²) < 4.78 is 0. The molecule has 4 atom stereocenters. The van der Waals surface area contributed by atoms with Crippen molar-refractivity contribution in [1.29, 1.82) is 0 Å². The van der Waals surface area contributed by atoms with Gasteiger partial charge in [-0.25, -0.2) is 0 Å². The minimum Gasteiger partial charge on any atom is -0.508 e. The fourth-order valence-corrected chi connectivity index (χ4v) is 5.95. The zero-order valence-electron chi connectivity index (χ0n) is 17.8. The average molecular weight is 414 g/mol. The number of hydrogen-bond acceptors (Lipinski definition) is 3. The normalized spacial score (nSPS) is 32.5. The van der Waals surface area contributed by atoms with Crippen molar-refractivity contribution in [1.82, 2.24) is 4.90 Å². The van der Waals surface area contributed by atoms with E-state index in [2.05, 4.69) is 25.7 Å². The van der Waals surface area contributed by atoms with Gasteiger partial charge < -0.3 is 5.11 Å². The third kappa shape index (κ3) is 3.04. The molecule has 4 nitrogen and oxygen atoms in total. The number of allylic oxidation sites excluding steroid dienone is 8. The molecule has 1 aliphatic heterocycles. The van der Waals surface area contributed by atoms with Crippen molar-refractivity contribution < 1.29 is 14.7 Å². The van der Waals surface area contributed by atoms with Crippen molar-refractivity contribution in [2.24, 2.45) is 23.2 Å². The summed E-state index contributed by atoms with van der Waals surface area (Å²) in [6, 6.07) is 7.25. The van der Waals surface area contributed by atoms with Crippen molar-refractivity contribution in [2.75, 3.05) is 0 Å². The second-order valence-electron chi connectivity index (χ2n) is 9.28. The van der Waals surface area contributed by atoms with Gasteiger partial charge in [-0.15, -0.1) is 6.58 Å². The molecule has 2 bridgehead atoms. The number of amides is 2. The molecule has 2 amide bonds. The highest BCUT2D eigenvalue weighted by Gasteiger charge is 2.65. The molecule has 1 saturated heterocycles. The van der Waals surface area contributed by atoms with E-state index in [4.69, 9.17) is 0 Å². The van der Waals surface area contributed by atoms with Crippen LogP contribution in [0.4, 0.5) is 0 Å². The number of carbonyl (C=O) groups excluding carboxylic acids is 2. The standard InChI is InChI=1S/C27H27NO3/c1-3-13-27-14-12-20(16-27)23-24(27)26(31)28(25(23)30)21-8-6-19(7-9-21)17(2)15-18-4-10-22(29)11-5-18/h3-6,8-12,14,20,23-24,29H,1,7,13,15-16H2,2H3. The van der Waals surface area contributed by atoms with Gasteiger partial charge in [0.05, 0.1) is 11.8 Å². The molecular weight excluding hydrogens is 386 g/mol. The first kappa shape index (κ1) is 19.8. The van der Waals surface area contributed by atoms with Gasteiger partial charge in [-0.3, -0.25) is 14.5 Å². The Morgan fingerprint density at radius 2 is 2.00 bits per heavy atom. The number of rotatable bonds is 5. The van der Waals surface area contributed by atoms with Crippen LogP contribution < -0.4 is 0 Å². The van der Waals surface area contributed by atoms with E-state index in [1.54, 1.807) is 12.1 Å². The van der Waals surface area contributed by atoms with Crippen molar-refractivity contribution in [3.63, 3.8) is 0 Å². The van der Waals surface area contributed by atoms with Gasteiger partial charge in [-0.2, -0.15) is 0 Å². The van der Waals surface area contributed by atoms with Crippen LogP contribution in [0.1, 0.15) is 31.7 Å². The molecule has 1 aromatic carbocycles. The Morgan fingerprint density at radius 1 is 1.23 bits per heavy atom. The lowest BCUT2D eigenvalue weighted by Gasteiger charge is -2.29. The molecule has 4 heteroatoms. The van der Waals surface area contributed by atoms with Crippen LogP contribution in [0.25, 0.3) is 0 Å². The zero-order valence-corrected chi connectivity index (χ0v) is 17.8. The number of hydrogen-bond donors (Lipinski definition) is 1. The quantitative estimate of drug-likeness (QED) is 0.555. The van der Waals surface area contributed by atoms with Gasteiger partial charge in [-0.1, -0.05) is 48.1 Å². The highest BCUT2D eigenvalue weighted by Crippen LogP contribution is 2.62. The molecule has 1 N–H and O–H groups in total. The summed E-state index contributed by atoms with van der Waals surface area (Å²) in [6.07, 6.45) is 15.2. The number of phenols is 1. The highest BCUT2D eigenvalue weighted by molar-refractivity contribution is 6.08. The van der Waals surface area contributed by atoms with E-state index >= 15 is 0 Å². The van der Waals surface area contributed by atoms with Crippen LogP contribution in [-0.4, -0.2) is 21.8 Å². The number of imide groups is 1. The third-order valence-electron chi connectivity index (χ3n) is 7.45. The summed E-state index contributed by atoms with van der Waals surface area (Å²) in [5.74, 6) is -0.132. The minimum absolute atomic E-state index is 0.0422. The van der Waals surface area contributed by atoms with Gasteiger partial charge in [-0.05, 0) is 67.9 Å². The number of benzene rings is 1. The predicted octanol–water partition coefficient (Wildman–Crippen LogP) is 4.85.